The lowest BCUT2D eigenvalue weighted by Gasteiger charge is -2.49. The van der Waals surface area contributed by atoms with Gasteiger partial charge in [-0.05, 0) is 11.6 Å². The SMILES string of the molecule is N[C@@H]1C(=O)N2C(C(=O)[O-])=C(Cc3c[nH][n+]4ccccc34)CS[C@H]12. The summed E-state index contributed by atoms with van der Waals surface area (Å²) < 4.78 is 1.86. The smallest absolute Gasteiger partial charge is 0.248 e. The number of carboxylic acids is 1. The Labute approximate surface area is 135 Å². The highest BCUT2D eigenvalue weighted by Crippen LogP contribution is 2.40. The Balaban J connectivity index is 1.74. The second-order valence-corrected chi connectivity index (χ2v) is 6.71. The maximum Gasteiger partial charge on any atom is 0.248 e. The number of aromatic amines is 1. The largest absolute Gasteiger partial charge is 0.543 e. The van der Waals surface area contributed by atoms with Gasteiger partial charge in [0.2, 0.25) is 11.4 Å². The summed E-state index contributed by atoms with van der Waals surface area (Å²) in [6.45, 7) is 0. The molecule has 3 N–H and O–H groups in total. The van der Waals surface area contributed by atoms with Gasteiger partial charge in [0.25, 0.3) is 0 Å². The molecule has 4 heterocycles. The summed E-state index contributed by atoms with van der Waals surface area (Å²) in [4.78, 5) is 24.8. The molecule has 1 fully saturated rings. The number of nitrogens with one attached hydrogen (secondary N) is 1. The molecule has 1 amide bonds. The number of β-lactam (4-membered cyclic amide) rings is 1. The van der Waals surface area contributed by atoms with Crippen molar-refractivity contribution in [3.05, 3.63) is 47.4 Å². The van der Waals surface area contributed by atoms with Crippen molar-refractivity contribution in [2.24, 2.45) is 5.73 Å². The Bertz CT molecular complexity index is 859. The van der Waals surface area contributed by atoms with E-state index in [2.05, 4.69) is 5.10 Å². The molecule has 2 aromatic rings. The Kier molecular flexibility index (Phi) is 3.17. The summed E-state index contributed by atoms with van der Waals surface area (Å²) in [5.74, 6) is -1.15. The second kappa shape index (κ2) is 5.10. The average molecular weight is 330 g/mol. The number of aliphatic carboxylic acids is 1. The number of H-pyrrole nitrogens is 1. The fourth-order valence-corrected chi connectivity index (χ4v) is 4.41. The molecule has 2 atom stereocenters. The molecule has 2 aliphatic heterocycles. The van der Waals surface area contributed by atoms with Gasteiger partial charge in [-0.3, -0.25) is 9.69 Å². The van der Waals surface area contributed by atoms with Crippen molar-refractivity contribution >= 4 is 29.2 Å². The molecule has 0 unspecified atom stereocenters. The van der Waals surface area contributed by atoms with Crippen LogP contribution in [-0.2, 0) is 16.0 Å². The van der Waals surface area contributed by atoms with Gasteiger partial charge >= 0.3 is 0 Å². The number of rotatable bonds is 3. The van der Waals surface area contributed by atoms with Gasteiger partial charge in [0.15, 0.2) is 6.20 Å². The molecule has 1 saturated heterocycles. The molecule has 2 aromatic heterocycles. The summed E-state index contributed by atoms with van der Waals surface area (Å²) in [5, 5.41) is 14.4. The molecule has 7 nitrogen and oxygen atoms in total. The van der Waals surface area contributed by atoms with Crippen molar-refractivity contribution in [1.82, 2.24) is 10.00 Å². The number of carbonyl (C=O) groups is 2. The van der Waals surface area contributed by atoms with E-state index in [0.29, 0.717) is 17.7 Å². The fourth-order valence-electron chi connectivity index (χ4n) is 3.11. The molecule has 23 heavy (non-hydrogen) atoms. The number of thioether (sulfide) groups is 1. The quantitative estimate of drug-likeness (QED) is 0.529. The zero-order chi connectivity index (χ0) is 16.1. The van der Waals surface area contributed by atoms with Gasteiger partial charge in [-0.2, -0.15) is 5.10 Å². The third-order valence-electron chi connectivity index (χ3n) is 4.25. The molecule has 8 heteroatoms. The van der Waals surface area contributed by atoms with Crippen LogP contribution >= 0.6 is 11.8 Å². The molecule has 0 aliphatic carbocycles. The molecular weight excluding hydrogens is 316 g/mol. The lowest BCUT2D eigenvalue weighted by Crippen LogP contribution is -2.69. The first kappa shape index (κ1) is 14.3. The van der Waals surface area contributed by atoms with Gasteiger partial charge in [-0.1, -0.05) is 4.52 Å². The lowest BCUT2D eigenvalue weighted by molar-refractivity contribution is -0.576. The van der Waals surface area contributed by atoms with E-state index < -0.39 is 12.0 Å². The third kappa shape index (κ3) is 2.06. The van der Waals surface area contributed by atoms with Crippen LogP contribution in [0.25, 0.3) is 5.52 Å². The normalized spacial score (nSPS) is 23.9. The highest BCUT2D eigenvalue weighted by molar-refractivity contribution is 8.00. The minimum absolute atomic E-state index is 0.0178. The molecule has 118 valence electrons. The van der Waals surface area contributed by atoms with Crippen molar-refractivity contribution in [2.45, 2.75) is 17.8 Å². The van der Waals surface area contributed by atoms with Crippen molar-refractivity contribution in [3.63, 3.8) is 0 Å². The maximum atomic E-state index is 11.9. The van der Waals surface area contributed by atoms with Gasteiger partial charge in [0.1, 0.15) is 11.4 Å². The van der Waals surface area contributed by atoms with E-state index in [1.165, 1.54) is 16.7 Å². The summed E-state index contributed by atoms with van der Waals surface area (Å²) in [6.07, 6.45) is 4.17. The van der Waals surface area contributed by atoms with E-state index in [1.807, 2.05) is 35.1 Å². The first-order valence-corrected chi connectivity index (χ1v) is 8.23. The zero-order valence-corrected chi connectivity index (χ0v) is 12.9. The van der Waals surface area contributed by atoms with Crippen LogP contribution in [0.1, 0.15) is 5.56 Å². The van der Waals surface area contributed by atoms with Crippen molar-refractivity contribution in [3.8, 4) is 0 Å². The van der Waals surface area contributed by atoms with E-state index in [4.69, 9.17) is 5.73 Å². The first-order valence-electron chi connectivity index (χ1n) is 7.18. The predicted molar refractivity (Wildman–Crippen MR) is 80.8 cm³/mol. The number of carboxylic acid groups (broad SMARTS) is 1. The Hall–Kier alpha value is -2.32. The van der Waals surface area contributed by atoms with Crippen LogP contribution in [0.3, 0.4) is 0 Å². The van der Waals surface area contributed by atoms with E-state index in [0.717, 1.165) is 11.1 Å². The Morgan fingerprint density at radius 3 is 3.13 bits per heavy atom. The number of fused-ring (bicyclic) bond motifs is 2. The highest BCUT2D eigenvalue weighted by atomic mass is 32.2. The summed E-state index contributed by atoms with van der Waals surface area (Å²) >= 11 is 1.50. The van der Waals surface area contributed by atoms with Crippen molar-refractivity contribution in [1.29, 1.82) is 0 Å². The van der Waals surface area contributed by atoms with Gasteiger partial charge in [0.05, 0.1) is 23.4 Å². The lowest BCUT2D eigenvalue weighted by atomic mass is 10.00. The molecule has 0 radical (unpaired) electrons. The number of pyridine rings is 1. The van der Waals surface area contributed by atoms with Crippen LogP contribution in [0.4, 0.5) is 0 Å². The number of hydrogen-bond donors (Lipinski definition) is 2. The topological polar surface area (TPSA) is 106 Å². The molecule has 4 rings (SSSR count). The summed E-state index contributed by atoms with van der Waals surface area (Å²) in [6, 6.07) is 5.15. The van der Waals surface area contributed by atoms with Crippen LogP contribution in [-0.4, -0.2) is 39.0 Å². The van der Waals surface area contributed by atoms with Gasteiger partial charge in [-0.25, -0.2) is 0 Å². The van der Waals surface area contributed by atoms with Crippen LogP contribution < -0.4 is 15.4 Å². The first-order chi connectivity index (χ1) is 11.1. The summed E-state index contributed by atoms with van der Waals surface area (Å²) in [7, 11) is 0. The van der Waals surface area contributed by atoms with Crippen LogP contribution in [0, 0.1) is 0 Å². The van der Waals surface area contributed by atoms with Crippen molar-refractivity contribution in [2.75, 3.05) is 5.75 Å². The maximum absolute atomic E-state index is 11.9. The number of hydrogen-bond acceptors (Lipinski definition) is 5. The zero-order valence-electron chi connectivity index (χ0n) is 12.1. The standard InChI is InChI=1S/C15H14N4O3S/c16-11-13(20)19-12(15(21)22)9(7-23-14(11)19)5-8-6-17-18-4-2-1-3-10(8)18/h1-4,6,11,14H,5,7,16H2,(H,21,22)/t11-,14-/m1/s1. The van der Waals surface area contributed by atoms with Crippen LogP contribution in [0.5, 0.6) is 0 Å². The van der Waals surface area contributed by atoms with E-state index >= 15 is 0 Å². The fraction of sp³-hybridized carbons (Fsp3) is 0.267. The number of amides is 1. The minimum Gasteiger partial charge on any atom is -0.543 e. The second-order valence-electron chi connectivity index (χ2n) is 5.61. The monoisotopic (exact) mass is 330 g/mol. The van der Waals surface area contributed by atoms with Gasteiger partial charge in [0, 0.05) is 24.3 Å². The van der Waals surface area contributed by atoms with Gasteiger partial charge < -0.3 is 15.6 Å². The van der Waals surface area contributed by atoms with Crippen LogP contribution in [0.15, 0.2) is 41.9 Å². The third-order valence-corrected chi connectivity index (χ3v) is 5.61. The highest BCUT2D eigenvalue weighted by Gasteiger charge is 2.50. The predicted octanol–water partition coefficient (Wildman–Crippen LogP) is -1.46. The van der Waals surface area contributed by atoms with Gasteiger partial charge in [-0.15, -0.1) is 11.8 Å². The van der Waals surface area contributed by atoms with Crippen LogP contribution in [0.2, 0.25) is 0 Å². The van der Waals surface area contributed by atoms with E-state index in [-0.39, 0.29) is 17.0 Å². The van der Waals surface area contributed by atoms with E-state index in [9.17, 15) is 14.7 Å². The number of nitrogens with two attached hydrogens (primary N) is 1. The number of nitrogens with zero attached hydrogens (tertiary/aromatic N) is 2. The number of aromatic nitrogens is 2. The molecule has 0 bridgehead atoms. The Morgan fingerprint density at radius 1 is 1.52 bits per heavy atom. The van der Waals surface area contributed by atoms with E-state index in [1.54, 1.807) is 0 Å². The molecular formula is C15H14N4O3S. The summed E-state index contributed by atoms with van der Waals surface area (Å²) in [5.41, 5.74) is 8.34. The molecule has 2 aliphatic rings. The average Bonchev–Trinajstić information content (AvgIpc) is 2.96. The molecule has 0 spiro atoms. The minimum atomic E-state index is -1.32. The van der Waals surface area contributed by atoms with Crippen molar-refractivity contribution < 1.29 is 19.2 Å². The Morgan fingerprint density at radius 2 is 2.35 bits per heavy atom. The number of carbonyl (C=O) groups excluding carboxylic acids is 2. The molecule has 0 saturated carbocycles. The molecule has 0 aromatic carbocycles.